The molecule has 1 aromatic carbocycles. The highest BCUT2D eigenvalue weighted by Gasteiger charge is 2.54. The van der Waals surface area contributed by atoms with Crippen LogP contribution in [0, 0.1) is 23.2 Å². The van der Waals surface area contributed by atoms with Crippen LogP contribution in [-0.4, -0.2) is 25.5 Å². The lowest BCUT2D eigenvalue weighted by Gasteiger charge is -2.55. The fourth-order valence-corrected chi connectivity index (χ4v) is 5.72. The van der Waals surface area contributed by atoms with Crippen molar-refractivity contribution in [3.8, 4) is 0 Å². The highest BCUT2D eigenvalue weighted by Crippen LogP contribution is 2.60. The van der Waals surface area contributed by atoms with Crippen LogP contribution in [0.3, 0.4) is 0 Å². The summed E-state index contributed by atoms with van der Waals surface area (Å²) in [6.07, 6.45) is 6.96. The lowest BCUT2D eigenvalue weighted by Crippen LogP contribution is -2.51. The quantitative estimate of drug-likeness (QED) is 0.738. The third-order valence-electron chi connectivity index (χ3n) is 6.46. The van der Waals surface area contributed by atoms with E-state index in [0.717, 1.165) is 42.6 Å². The fourth-order valence-electron chi connectivity index (χ4n) is 5.72. The minimum Gasteiger partial charge on any atom is -0.454 e. The number of esters is 1. The first-order valence-corrected chi connectivity index (χ1v) is 9.36. The zero-order valence-electron chi connectivity index (χ0n) is 14.8. The van der Waals surface area contributed by atoms with Crippen LogP contribution < -0.4 is 0 Å². The van der Waals surface area contributed by atoms with E-state index in [1.165, 1.54) is 19.3 Å². The van der Waals surface area contributed by atoms with Crippen molar-refractivity contribution >= 4 is 11.8 Å². The van der Waals surface area contributed by atoms with E-state index in [4.69, 9.17) is 9.47 Å². The molecule has 4 bridgehead atoms. The average Bonchev–Trinajstić information content (AvgIpc) is 2.59. The topological polar surface area (TPSA) is 52.6 Å². The van der Waals surface area contributed by atoms with Crippen LogP contribution in [0.25, 0.3) is 0 Å². The summed E-state index contributed by atoms with van der Waals surface area (Å²) < 4.78 is 10.4. The zero-order valence-corrected chi connectivity index (χ0v) is 14.8. The molecule has 0 aromatic heterocycles. The Bertz CT molecular complexity index is 626. The summed E-state index contributed by atoms with van der Waals surface area (Å²) in [7, 11) is 1.64. The molecule has 1 aromatic rings. The largest absolute Gasteiger partial charge is 0.454 e. The summed E-state index contributed by atoms with van der Waals surface area (Å²) in [5, 5.41) is 0. The SMILES string of the molecule is COCc1ccc(C(=O)OCC(=O)C23CC4CC(CC(C4)C2)C3)cc1. The van der Waals surface area contributed by atoms with Gasteiger partial charge >= 0.3 is 5.97 Å². The van der Waals surface area contributed by atoms with Crippen molar-refractivity contribution in [1.29, 1.82) is 0 Å². The predicted molar refractivity (Wildman–Crippen MR) is 93.0 cm³/mol. The second-order valence-corrected chi connectivity index (χ2v) is 8.33. The van der Waals surface area contributed by atoms with Crippen LogP contribution in [-0.2, 0) is 20.9 Å². The predicted octanol–water partition coefficient (Wildman–Crippen LogP) is 3.78. The number of carbonyl (C=O) groups is 2. The van der Waals surface area contributed by atoms with Crippen LogP contribution >= 0.6 is 0 Å². The van der Waals surface area contributed by atoms with Crippen molar-refractivity contribution < 1.29 is 19.1 Å². The second-order valence-electron chi connectivity index (χ2n) is 8.33. The van der Waals surface area contributed by atoms with E-state index >= 15 is 0 Å². The Balaban J connectivity index is 1.36. The van der Waals surface area contributed by atoms with E-state index in [2.05, 4.69) is 0 Å². The van der Waals surface area contributed by atoms with Gasteiger partial charge in [0, 0.05) is 12.5 Å². The van der Waals surface area contributed by atoms with Crippen molar-refractivity contribution in [3.05, 3.63) is 35.4 Å². The molecule has 0 N–H and O–H groups in total. The summed E-state index contributed by atoms with van der Waals surface area (Å²) in [5.41, 5.74) is 1.29. The highest BCUT2D eigenvalue weighted by atomic mass is 16.5. The van der Waals surface area contributed by atoms with Gasteiger partial charge in [-0.2, -0.15) is 0 Å². The van der Waals surface area contributed by atoms with Gasteiger partial charge in [-0.3, -0.25) is 4.79 Å². The van der Waals surface area contributed by atoms with Gasteiger partial charge < -0.3 is 9.47 Å². The summed E-state index contributed by atoms with van der Waals surface area (Å²) in [6.45, 7) is 0.435. The minimum absolute atomic E-state index is 0.0786. The Labute approximate surface area is 148 Å². The van der Waals surface area contributed by atoms with Gasteiger partial charge in [-0.05, 0) is 74.0 Å². The van der Waals surface area contributed by atoms with E-state index in [-0.39, 0.29) is 17.8 Å². The first-order chi connectivity index (χ1) is 12.1. The van der Waals surface area contributed by atoms with Gasteiger partial charge in [0.25, 0.3) is 0 Å². The van der Waals surface area contributed by atoms with Crippen LogP contribution in [0.4, 0.5) is 0 Å². The highest BCUT2D eigenvalue weighted by molar-refractivity contribution is 5.93. The first-order valence-electron chi connectivity index (χ1n) is 9.36. The van der Waals surface area contributed by atoms with Crippen molar-refractivity contribution in [2.24, 2.45) is 23.2 Å². The van der Waals surface area contributed by atoms with Crippen LogP contribution in [0.2, 0.25) is 0 Å². The average molecular weight is 342 g/mol. The molecule has 0 radical (unpaired) electrons. The molecular formula is C21H26O4. The third kappa shape index (κ3) is 3.24. The molecule has 0 saturated heterocycles. The molecule has 4 aliphatic rings. The molecule has 4 saturated carbocycles. The zero-order chi connectivity index (χ0) is 17.4. The Morgan fingerprint density at radius 3 is 2.08 bits per heavy atom. The van der Waals surface area contributed by atoms with Crippen LogP contribution in [0.1, 0.15) is 54.4 Å². The molecular weight excluding hydrogens is 316 g/mol. The first kappa shape index (κ1) is 16.8. The smallest absolute Gasteiger partial charge is 0.338 e. The van der Waals surface area contributed by atoms with Gasteiger partial charge in [-0.25, -0.2) is 4.79 Å². The number of ketones is 1. The normalized spacial score (nSPS) is 32.6. The Morgan fingerprint density at radius 1 is 1.00 bits per heavy atom. The fraction of sp³-hybridized carbons (Fsp3) is 0.619. The number of benzene rings is 1. The molecule has 5 rings (SSSR count). The number of Topliss-reactive ketones (excluding diaryl/α,β-unsaturated/α-hetero) is 1. The molecule has 4 aliphatic carbocycles. The van der Waals surface area contributed by atoms with Crippen molar-refractivity contribution in [2.75, 3.05) is 13.7 Å². The maximum absolute atomic E-state index is 12.9. The monoisotopic (exact) mass is 342 g/mol. The van der Waals surface area contributed by atoms with E-state index in [9.17, 15) is 9.59 Å². The summed E-state index contributed by atoms with van der Waals surface area (Å²) in [6, 6.07) is 7.15. The van der Waals surface area contributed by atoms with Gasteiger partial charge in [-0.1, -0.05) is 12.1 Å². The number of carbonyl (C=O) groups excluding carboxylic acids is 2. The van der Waals surface area contributed by atoms with Crippen molar-refractivity contribution in [3.63, 3.8) is 0 Å². The standard InChI is InChI=1S/C21H26O4/c1-24-12-14-2-4-18(5-3-14)20(23)25-13-19(22)21-9-15-6-16(10-21)8-17(7-15)11-21/h2-5,15-17H,6-13H2,1H3. The van der Waals surface area contributed by atoms with Gasteiger partial charge in [0.05, 0.1) is 12.2 Å². The maximum atomic E-state index is 12.9. The minimum atomic E-state index is -0.415. The van der Waals surface area contributed by atoms with Gasteiger partial charge in [0.1, 0.15) is 0 Å². The molecule has 0 amide bonds. The lowest BCUT2D eigenvalue weighted by molar-refractivity contribution is -0.147. The lowest BCUT2D eigenvalue weighted by atomic mass is 9.48. The number of methoxy groups -OCH3 is 1. The molecule has 0 spiro atoms. The van der Waals surface area contributed by atoms with E-state index in [1.807, 2.05) is 12.1 Å². The molecule has 4 nitrogen and oxygen atoms in total. The summed E-state index contributed by atoms with van der Waals surface area (Å²) in [5.74, 6) is 1.90. The van der Waals surface area contributed by atoms with E-state index in [1.54, 1.807) is 19.2 Å². The van der Waals surface area contributed by atoms with Gasteiger partial charge in [-0.15, -0.1) is 0 Å². The number of hydrogen-bond donors (Lipinski definition) is 0. The molecule has 0 heterocycles. The molecule has 4 fully saturated rings. The van der Waals surface area contributed by atoms with Crippen LogP contribution in [0.5, 0.6) is 0 Å². The maximum Gasteiger partial charge on any atom is 0.338 e. The molecule has 0 unspecified atom stereocenters. The Kier molecular flexibility index (Phi) is 4.40. The van der Waals surface area contributed by atoms with Crippen LogP contribution in [0.15, 0.2) is 24.3 Å². The van der Waals surface area contributed by atoms with Gasteiger partial charge in [0.15, 0.2) is 12.4 Å². The van der Waals surface area contributed by atoms with Gasteiger partial charge in [0.2, 0.25) is 0 Å². The summed E-state index contributed by atoms with van der Waals surface area (Å²) in [4.78, 5) is 25.1. The molecule has 4 heteroatoms. The number of ether oxygens (including phenoxy) is 2. The van der Waals surface area contributed by atoms with Crippen molar-refractivity contribution in [1.82, 2.24) is 0 Å². The third-order valence-corrected chi connectivity index (χ3v) is 6.46. The molecule has 25 heavy (non-hydrogen) atoms. The molecule has 134 valence electrons. The van der Waals surface area contributed by atoms with E-state index in [0.29, 0.717) is 12.2 Å². The Hall–Kier alpha value is -1.68. The molecule has 0 atom stereocenters. The number of rotatable bonds is 6. The molecule has 0 aliphatic heterocycles. The second kappa shape index (κ2) is 6.56. The summed E-state index contributed by atoms with van der Waals surface area (Å²) >= 11 is 0. The number of hydrogen-bond acceptors (Lipinski definition) is 4. The van der Waals surface area contributed by atoms with Crippen molar-refractivity contribution in [2.45, 2.75) is 45.1 Å². The van der Waals surface area contributed by atoms with E-state index < -0.39 is 5.97 Å². The Morgan fingerprint density at radius 2 is 1.56 bits per heavy atom.